The molecule has 5 amide bonds. The lowest BCUT2D eigenvalue weighted by molar-refractivity contribution is -0.144. The van der Waals surface area contributed by atoms with Crippen LogP contribution in [0.1, 0.15) is 149 Å². The first-order valence-corrected chi connectivity index (χ1v) is 24.1. The van der Waals surface area contributed by atoms with Gasteiger partial charge in [0.15, 0.2) is 11.6 Å². The number of urea groups is 1. The minimum atomic E-state index is -1.04. The Bertz CT molecular complexity index is 1910. The van der Waals surface area contributed by atoms with Crippen molar-refractivity contribution in [2.24, 2.45) is 28.1 Å². The van der Waals surface area contributed by atoms with Crippen LogP contribution < -0.4 is 10.6 Å². The predicted octanol–water partition coefficient (Wildman–Crippen LogP) is 7.72. The van der Waals surface area contributed by atoms with Crippen molar-refractivity contribution >= 4 is 41.3 Å². The lowest BCUT2D eigenvalue weighted by Crippen LogP contribution is -2.62. The molecule has 4 fully saturated rings. The van der Waals surface area contributed by atoms with E-state index >= 15 is 4.79 Å². The number of ketones is 3. The number of Topliss-reactive ketones (excluding diaryl/α,β-unsaturated/α-hetero) is 3. The molecule has 64 heavy (non-hydrogen) atoms. The fourth-order valence-corrected chi connectivity index (χ4v) is 10.5. The van der Waals surface area contributed by atoms with E-state index in [1.54, 1.807) is 11.0 Å². The van der Waals surface area contributed by atoms with E-state index in [4.69, 9.17) is 4.74 Å². The van der Waals surface area contributed by atoms with E-state index in [0.29, 0.717) is 64.7 Å². The van der Waals surface area contributed by atoms with Crippen molar-refractivity contribution in [1.29, 1.82) is 0 Å². The van der Waals surface area contributed by atoms with Crippen molar-refractivity contribution in [2.45, 2.75) is 175 Å². The number of rotatable bonds is 17. The fourth-order valence-electron chi connectivity index (χ4n) is 10.5. The summed E-state index contributed by atoms with van der Waals surface area (Å²) in [6.45, 7) is 17.7. The molecular weight excluding hydrogens is 811 g/mol. The number of fused-ring (bicyclic) bond motifs is 1. The molecule has 1 unspecified atom stereocenters. The van der Waals surface area contributed by atoms with Gasteiger partial charge >= 0.3 is 12.1 Å². The van der Waals surface area contributed by atoms with Crippen molar-refractivity contribution in [3.63, 3.8) is 0 Å². The number of hydrogen-bond acceptors (Lipinski definition) is 8. The Balaban J connectivity index is 1.25. The van der Waals surface area contributed by atoms with Gasteiger partial charge in [0.2, 0.25) is 17.6 Å². The summed E-state index contributed by atoms with van der Waals surface area (Å²) in [7, 11) is 0. The van der Waals surface area contributed by atoms with Crippen molar-refractivity contribution < 1.29 is 38.3 Å². The number of carbonyl (C=O) groups is 7. The van der Waals surface area contributed by atoms with Crippen LogP contribution >= 0.6 is 0 Å². The molecule has 0 radical (unpaired) electrons. The summed E-state index contributed by atoms with van der Waals surface area (Å²) in [6, 6.07) is 4.95. The van der Waals surface area contributed by atoms with Crippen LogP contribution in [0.15, 0.2) is 36.9 Å². The number of nitrogens with zero attached hydrogens (tertiary/aromatic N) is 3. The Morgan fingerprint density at radius 3 is 2.28 bits per heavy atom. The Kier molecular flexibility index (Phi) is 15.8. The normalized spacial score (nSPS) is 23.5. The van der Waals surface area contributed by atoms with Gasteiger partial charge in [0.05, 0.1) is 18.6 Å². The minimum absolute atomic E-state index is 0.0291. The van der Waals surface area contributed by atoms with E-state index in [-0.39, 0.29) is 48.8 Å². The Hall–Kier alpha value is -4.55. The largest absolute Gasteiger partial charge is 0.444 e. The van der Waals surface area contributed by atoms with E-state index in [0.717, 1.165) is 50.5 Å². The van der Waals surface area contributed by atoms with Gasteiger partial charge in [-0.05, 0) is 71.8 Å². The smallest absolute Gasteiger partial charge is 0.410 e. The second-order valence-electron chi connectivity index (χ2n) is 21.8. The molecule has 0 spiro atoms. The first kappa shape index (κ1) is 48.9. The maximum Gasteiger partial charge on any atom is 0.410 e. The summed E-state index contributed by atoms with van der Waals surface area (Å²) in [5.74, 6) is -2.38. The molecule has 1 aromatic rings. The first-order valence-electron chi connectivity index (χ1n) is 24.1. The van der Waals surface area contributed by atoms with Crippen LogP contribution in [-0.4, -0.2) is 106 Å². The number of piperidine rings is 1. The highest BCUT2D eigenvalue weighted by Gasteiger charge is 2.50. The molecule has 0 bridgehead atoms. The van der Waals surface area contributed by atoms with E-state index in [1.165, 1.54) is 10.5 Å². The Labute approximate surface area is 381 Å². The van der Waals surface area contributed by atoms with Gasteiger partial charge < -0.3 is 30.1 Å². The molecule has 3 aliphatic heterocycles. The molecule has 2 saturated carbocycles. The maximum absolute atomic E-state index is 15.4. The predicted molar refractivity (Wildman–Crippen MR) is 245 cm³/mol. The Morgan fingerprint density at radius 1 is 0.938 bits per heavy atom. The number of allylic oxidation sites excluding steroid dienone is 1. The Morgan fingerprint density at radius 2 is 1.64 bits per heavy atom. The van der Waals surface area contributed by atoms with E-state index in [2.05, 4.69) is 37.1 Å². The molecule has 352 valence electrons. The van der Waals surface area contributed by atoms with Gasteiger partial charge in [0, 0.05) is 57.8 Å². The number of likely N-dealkylation sites (tertiary alicyclic amines) is 2. The quantitative estimate of drug-likeness (QED) is 0.119. The maximum atomic E-state index is 15.4. The van der Waals surface area contributed by atoms with Crippen molar-refractivity contribution in [3.8, 4) is 0 Å². The molecule has 3 heterocycles. The van der Waals surface area contributed by atoms with Gasteiger partial charge in [-0.3, -0.25) is 24.0 Å². The van der Waals surface area contributed by atoms with Gasteiger partial charge in [0.25, 0.3) is 0 Å². The van der Waals surface area contributed by atoms with E-state index < -0.39 is 70.6 Å². The highest BCUT2D eigenvalue weighted by atomic mass is 16.6. The zero-order chi connectivity index (χ0) is 46.4. The first-order chi connectivity index (χ1) is 30.3. The molecule has 6 rings (SSSR count). The summed E-state index contributed by atoms with van der Waals surface area (Å²) >= 11 is 0. The molecule has 2 N–H and O–H groups in total. The number of hydrogen-bond donors (Lipinski definition) is 2. The number of ether oxygens (including phenoxy) is 1. The number of amides is 5. The second-order valence-corrected chi connectivity index (χ2v) is 21.8. The van der Waals surface area contributed by atoms with Crippen LogP contribution in [0, 0.1) is 28.1 Å². The fraction of sp³-hybridized carbons (Fsp3) is 0.706. The van der Waals surface area contributed by atoms with Crippen LogP contribution in [0.2, 0.25) is 0 Å². The van der Waals surface area contributed by atoms with Gasteiger partial charge in [0.1, 0.15) is 12.1 Å². The molecule has 0 aromatic heterocycles. The van der Waals surface area contributed by atoms with Crippen LogP contribution in [-0.2, 0) is 41.7 Å². The molecule has 2 saturated heterocycles. The SMILES string of the molecule is C=CCCC(=O)C(=O)C(CC(=O)[C@@H]1C[C@@H](OC(=O)N2CCc3ccccc3C2)CN1C(=O)[C@@H](NC(=O)N[C@H](CN1CCC(C)(C)CC1=O)C(C)(C)C)C1(C)CCCCC1)CC1CCC1. The zero-order valence-electron chi connectivity index (χ0n) is 39.5. The average Bonchev–Trinajstić information content (AvgIpc) is 3.66. The minimum Gasteiger partial charge on any atom is -0.444 e. The van der Waals surface area contributed by atoms with Crippen LogP contribution in [0.5, 0.6) is 0 Å². The summed E-state index contributed by atoms with van der Waals surface area (Å²) < 4.78 is 6.15. The van der Waals surface area contributed by atoms with Crippen LogP contribution in [0.4, 0.5) is 9.59 Å². The molecule has 13 nitrogen and oxygen atoms in total. The summed E-state index contributed by atoms with van der Waals surface area (Å²) in [5.41, 5.74) is 1.06. The number of benzene rings is 1. The van der Waals surface area contributed by atoms with Crippen molar-refractivity contribution in [2.75, 3.05) is 26.2 Å². The molecule has 1 aromatic carbocycles. The number of carbonyl (C=O) groups excluding carboxylic acids is 7. The van der Waals surface area contributed by atoms with E-state index in [1.807, 2.05) is 50.8 Å². The molecule has 2 aliphatic carbocycles. The van der Waals surface area contributed by atoms with Crippen LogP contribution in [0.3, 0.4) is 0 Å². The average molecular weight is 886 g/mol. The van der Waals surface area contributed by atoms with Gasteiger partial charge in [-0.1, -0.05) is 110 Å². The topological polar surface area (TPSA) is 162 Å². The van der Waals surface area contributed by atoms with Gasteiger partial charge in [-0.25, -0.2) is 9.59 Å². The summed E-state index contributed by atoms with van der Waals surface area (Å²) in [4.78, 5) is 103. The molecule has 5 aliphatic rings. The monoisotopic (exact) mass is 886 g/mol. The van der Waals surface area contributed by atoms with Crippen molar-refractivity contribution in [3.05, 3.63) is 48.0 Å². The highest BCUT2D eigenvalue weighted by Crippen LogP contribution is 2.41. The van der Waals surface area contributed by atoms with Crippen LogP contribution in [0.25, 0.3) is 0 Å². The highest BCUT2D eigenvalue weighted by molar-refractivity contribution is 6.38. The standard InChI is InChI=1S/C51H75N5O8/c1-8-9-20-40(57)44(60)37(27-34-16-15-17-34)28-41(58)39-29-38(64-48(63)55-25-21-35-18-11-12-19-36(35)31-55)32-56(39)46(61)45(51(7)22-13-10-14-23-51)53-47(62)52-42(49(2,3)4)33-54-26-24-50(5,6)30-43(54)59/h8,11-12,18-19,34,37-39,42,45H,1,9-10,13-17,20-33H2,2-7H3,(H2,52,53,62)/t37?,38-,39+,42-,45-/m1/s1. The third-order valence-corrected chi connectivity index (χ3v) is 15.1. The lowest BCUT2D eigenvalue weighted by atomic mass is 9.70. The van der Waals surface area contributed by atoms with E-state index in [9.17, 15) is 28.8 Å². The molecule has 5 atom stereocenters. The van der Waals surface area contributed by atoms with Gasteiger partial charge in [-0.2, -0.15) is 0 Å². The molecule has 13 heteroatoms. The third-order valence-electron chi connectivity index (χ3n) is 15.1. The number of nitrogens with one attached hydrogen (secondary N) is 2. The third kappa shape index (κ3) is 12.2. The summed E-state index contributed by atoms with van der Waals surface area (Å²) in [5, 5.41) is 6.25. The second kappa shape index (κ2) is 20.7. The zero-order valence-corrected chi connectivity index (χ0v) is 39.5. The van der Waals surface area contributed by atoms with Gasteiger partial charge in [-0.15, -0.1) is 6.58 Å². The van der Waals surface area contributed by atoms with Crippen molar-refractivity contribution in [1.82, 2.24) is 25.3 Å². The summed E-state index contributed by atoms with van der Waals surface area (Å²) in [6.07, 6.45) is 9.88. The molecular formula is C51H75N5O8. The lowest BCUT2D eigenvalue weighted by Gasteiger charge is -2.43.